The Labute approximate surface area is 123 Å². The van der Waals surface area contributed by atoms with Crippen LogP contribution in [0.25, 0.3) is 0 Å². The molecule has 2 aromatic carbocycles. The molecule has 2 aromatic rings. The molecule has 0 bridgehead atoms. The van der Waals surface area contributed by atoms with Crippen LogP contribution in [0, 0.1) is 12.7 Å². The predicted molar refractivity (Wildman–Crippen MR) is 79.5 cm³/mol. The van der Waals surface area contributed by atoms with Gasteiger partial charge in [0.05, 0.1) is 5.02 Å². The summed E-state index contributed by atoms with van der Waals surface area (Å²) < 4.78 is 18.7. The van der Waals surface area contributed by atoms with Gasteiger partial charge in [0.25, 0.3) is 0 Å². The monoisotopic (exact) mass is 293 g/mol. The molecule has 4 heteroatoms. The second-order valence-electron chi connectivity index (χ2n) is 4.84. The van der Waals surface area contributed by atoms with E-state index in [0.717, 1.165) is 16.7 Å². The van der Waals surface area contributed by atoms with Gasteiger partial charge in [-0.2, -0.15) is 0 Å². The van der Waals surface area contributed by atoms with E-state index in [2.05, 4.69) is 0 Å². The number of halogens is 2. The van der Waals surface area contributed by atoms with E-state index in [1.165, 1.54) is 12.1 Å². The highest BCUT2D eigenvalue weighted by atomic mass is 35.5. The second-order valence-corrected chi connectivity index (χ2v) is 5.25. The molecule has 0 saturated carbocycles. The fourth-order valence-corrected chi connectivity index (χ4v) is 2.14. The van der Waals surface area contributed by atoms with Crippen LogP contribution < -0.4 is 10.5 Å². The van der Waals surface area contributed by atoms with Crippen molar-refractivity contribution in [3.8, 4) is 5.75 Å². The SMILES string of the molecule is Cc1cc(F)ccc1COc1ccc([C@H](C)N)cc1Cl. The fourth-order valence-electron chi connectivity index (χ4n) is 1.89. The second kappa shape index (κ2) is 6.25. The molecule has 0 aliphatic heterocycles. The first-order valence-corrected chi connectivity index (χ1v) is 6.78. The van der Waals surface area contributed by atoms with E-state index in [1.54, 1.807) is 18.2 Å². The molecule has 2 rings (SSSR count). The van der Waals surface area contributed by atoms with Crippen LogP contribution in [0.1, 0.15) is 29.7 Å². The molecular formula is C16H17ClFNO. The summed E-state index contributed by atoms with van der Waals surface area (Å²) in [5.41, 5.74) is 8.54. The van der Waals surface area contributed by atoms with Gasteiger partial charge in [0, 0.05) is 6.04 Å². The summed E-state index contributed by atoms with van der Waals surface area (Å²) in [4.78, 5) is 0. The highest BCUT2D eigenvalue weighted by Crippen LogP contribution is 2.28. The molecule has 0 aromatic heterocycles. The van der Waals surface area contributed by atoms with E-state index in [4.69, 9.17) is 22.1 Å². The molecular weight excluding hydrogens is 277 g/mol. The minimum absolute atomic E-state index is 0.0686. The summed E-state index contributed by atoms with van der Waals surface area (Å²) in [6, 6.07) is 10.1. The topological polar surface area (TPSA) is 35.2 Å². The van der Waals surface area contributed by atoms with Crippen LogP contribution >= 0.6 is 11.6 Å². The molecule has 106 valence electrons. The Morgan fingerprint density at radius 2 is 2.00 bits per heavy atom. The number of ether oxygens (including phenoxy) is 1. The first-order valence-electron chi connectivity index (χ1n) is 6.40. The number of hydrogen-bond acceptors (Lipinski definition) is 2. The Morgan fingerprint density at radius 3 is 2.60 bits per heavy atom. The van der Waals surface area contributed by atoms with E-state index in [-0.39, 0.29) is 11.9 Å². The van der Waals surface area contributed by atoms with Crippen LogP contribution in [-0.4, -0.2) is 0 Å². The average molecular weight is 294 g/mol. The van der Waals surface area contributed by atoms with Crippen LogP contribution in [-0.2, 0) is 6.61 Å². The average Bonchev–Trinajstić information content (AvgIpc) is 2.38. The van der Waals surface area contributed by atoms with Gasteiger partial charge < -0.3 is 10.5 Å². The van der Waals surface area contributed by atoms with Gasteiger partial charge in [-0.05, 0) is 54.8 Å². The van der Waals surface area contributed by atoms with E-state index in [0.29, 0.717) is 17.4 Å². The molecule has 0 aliphatic carbocycles. The quantitative estimate of drug-likeness (QED) is 0.907. The molecule has 0 radical (unpaired) electrons. The Bertz CT molecular complexity index is 613. The maximum absolute atomic E-state index is 13.0. The summed E-state index contributed by atoms with van der Waals surface area (Å²) in [7, 11) is 0. The molecule has 0 saturated heterocycles. The molecule has 2 nitrogen and oxygen atoms in total. The summed E-state index contributed by atoms with van der Waals surface area (Å²) in [6.07, 6.45) is 0. The van der Waals surface area contributed by atoms with Crippen LogP contribution in [0.4, 0.5) is 4.39 Å². The van der Waals surface area contributed by atoms with Crippen molar-refractivity contribution in [3.05, 3.63) is 63.9 Å². The molecule has 0 aliphatic rings. The molecule has 20 heavy (non-hydrogen) atoms. The lowest BCUT2D eigenvalue weighted by Gasteiger charge is -2.12. The zero-order valence-corrected chi connectivity index (χ0v) is 12.2. The first-order chi connectivity index (χ1) is 9.47. The minimum atomic E-state index is -0.245. The van der Waals surface area contributed by atoms with Gasteiger partial charge >= 0.3 is 0 Å². The zero-order valence-electron chi connectivity index (χ0n) is 11.5. The van der Waals surface area contributed by atoms with Gasteiger partial charge in [-0.1, -0.05) is 23.7 Å². The van der Waals surface area contributed by atoms with Crippen molar-refractivity contribution in [2.45, 2.75) is 26.5 Å². The molecule has 0 fully saturated rings. The first kappa shape index (κ1) is 14.8. The Hall–Kier alpha value is -1.58. The minimum Gasteiger partial charge on any atom is -0.487 e. The van der Waals surface area contributed by atoms with Crippen molar-refractivity contribution in [2.75, 3.05) is 0 Å². The summed E-state index contributed by atoms with van der Waals surface area (Å²) in [6.45, 7) is 4.10. The van der Waals surface area contributed by atoms with E-state index < -0.39 is 0 Å². The van der Waals surface area contributed by atoms with Crippen LogP contribution in [0.3, 0.4) is 0 Å². The summed E-state index contributed by atoms with van der Waals surface area (Å²) in [5, 5.41) is 0.527. The number of nitrogens with two attached hydrogens (primary N) is 1. The maximum Gasteiger partial charge on any atom is 0.138 e. The van der Waals surface area contributed by atoms with Gasteiger partial charge in [-0.3, -0.25) is 0 Å². The van der Waals surface area contributed by atoms with Crippen LogP contribution in [0.15, 0.2) is 36.4 Å². The van der Waals surface area contributed by atoms with Gasteiger partial charge in [0.1, 0.15) is 18.2 Å². The third kappa shape index (κ3) is 3.50. The molecule has 0 spiro atoms. The largest absolute Gasteiger partial charge is 0.487 e. The van der Waals surface area contributed by atoms with Crippen LogP contribution in [0.5, 0.6) is 5.75 Å². The lowest BCUT2D eigenvalue weighted by Crippen LogP contribution is -2.05. The summed E-state index contributed by atoms with van der Waals surface area (Å²) in [5.74, 6) is 0.352. The Balaban J connectivity index is 2.11. The molecule has 2 N–H and O–H groups in total. The number of rotatable bonds is 4. The van der Waals surface area contributed by atoms with Gasteiger partial charge in [0.15, 0.2) is 0 Å². The third-order valence-corrected chi connectivity index (χ3v) is 3.46. The number of benzene rings is 2. The lowest BCUT2D eigenvalue weighted by atomic mass is 10.1. The Morgan fingerprint density at radius 1 is 1.25 bits per heavy atom. The molecule has 0 amide bonds. The van der Waals surface area contributed by atoms with Crippen molar-refractivity contribution < 1.29 is 9.13 Å². The number of hydrogen-bond donors (Lipinski definition) is 1. The smallest absolute Gasteiger partial charge is 0.138 e. The van der Waals surface area contributed by atoms with Crippen molar-refractivity contribution in [3.63, 3.8) is 0 Å². The van der Waals surface area contributed by atoms with Crippen molar-refractivity contribution in [2.24, 2.45) is 5.73 Å². The van der Waals surface area contributed by atoms with Crippen molar-refractivity contribution in [1.82, 2.24) is 0 Å². The Kier molecular flexibility index (Phi) is 4.63. The molecule has 0 heterocycles. The molecule has 0 unspecified atom stereocenters. The third-order valence-electron chi connectivity index (χ3n) is 3.17. The zero-order chi connectivity index (χ0) is 14.7. The summed E-state index contributed by atoms with van der Waals surface area (Å²) >= 11 is 6.16. The van der Waals surface area contributed by atoms with Gasteiger partial charge in [-0.15, -0.1) is 0 Å². The van der Waals surface area contributed by atoms with E-state index >= 15 is 0 Å². The fraction of sp³-hybridized carbons (Fsp3) is 0.250. The lowest BCUT2D eigenvalue weighted by molar-refractivity contribution is 0.305. The standard InChI is InChI=1S/C16H17ClFNO/c1-10-7-14(18)5-3-13(10)9-20-16-6-4-12(11(2)19)8-15(16)17/h3-8,11H,9,19H2,1-2H3/t11-/m0/s1. The van der Waals surface area contributed by atoms with Crippen LogP contribution in [0.2, 0.25) is 5.02 Å². The highest BCUT2D eigenvalue weighted by molar-refractivity contribution is 6.32. The van der Waals surface area contributed by atoms with Crippen molar-refractivity contribution in [1.29, 1.82) is 0 Å². The normalized spacial score (nSPS) is 12.2. The molecule has 1 atom stereocenters. The van der Waals surface area contributed by atoms with E-state index in [1.807, 2.05) is 19.9 Å². The highest BCUT2D eigenvalue weighted by Gasteiger charge is 2.07. The maximum atomic E-state index is 13.0. The van der Waals surface area contributed by atoms with Gasteiger partial charge in [-0.25, -0.2) is 4.39 Å². The van der Waals surface area contributed by atoms with E-state index in [9.17, 15) is 4.39 Å². The number of aryl methyl sites for hydroxylation is 1. The predicted octanol–water partition coefficient (Wildman–Crippen LogP) is 4.39. The van der Waals surface area contributed by atoms with Gasteiger partial charge in [0.2, 0.25) is 0 Å². The van der Waals surface area contributed by atoms with Crippen molar-refractivity contribution >= 4 is 11.6 Å².